The standard InChI is InChI=1S/C8H16O2/c1-7-5-4-6-9-8(2,3)10-7/h7H,4-6H2,1-3H3. The molecular formula is C8H16O2. The van der Waals surface area contributed by atoms with Crippen LogP contribution in [0.25, 0.3) is 0 Å². The van der Waals surface area contributed by atoms with Crippen LogP contribution in [0.2, 0.25) is 0 Å². The molecule has 0 saturated carbocycles. The summed E-state index contributed by atoms with van der Waals surface area (Å²) in [5, 5.41) is 0. The highest BCUT2D eigenvalue weighted by molar-refractivity contribution is 4.63. The van der Waals surface area contributed by atoms with E-state index in [9.17, 15) is 0 Å². The molecular weight excluding hydrogens is 128 g/mol. The summed E-state index contributed by atoms with van der Waals surface area (Å²) in [5.74, 6) is -0.365. The average Bonchev–Trinajstić information content (AvgIpc) is 1.90. The molecule has 1 heterocycles. The van der Waals surface area contributed by atoms with Crippen molar-refractivity contribution in [2.45, 2.75) is 45.5 Å². The van der Waals surface area contributed by atoms with E-state index in [0.29, 0.717) is 6.10 Å². The van der Waals surface area contributed by atoms with E-state index in [2.05, 4.69) is 6.92 Å². The monoisotopic (exact) mass is 144 g/mol. The molecule has 1 saturated heterocycles. The lowest BCUT2D eigenvalue weighted by molar-refractivity contribution is -0.219. The van der Waals surface area contributed by atoms with Crippen LogP contribution in [-0.4, -0.2) is 18.5 Å². The fourth-order valence-corrected chi connectivity index (χ4v) is 1.27. The lowest BCUT2D eigenvalue weighted by Gasteiger charge is -2.25. The predicted octanol–water partition coefficient (Wildman–Crippen LogP) is 1.94. The second-order valence-electron chi connectivity index (χ2n) is 3.32. The second-order valence-corrected chi connectivity index (χ2v) is 3.32. The minimum absolute atomic E-state index is 0.345. The normalized spacial score (nSPS) is 33.3. The summed E-state index contributed by atoms with van der Waals surface area (Å²) in [7, 11) is 0. The lowest BCUT2D eigenvalue weighted by Crippen LogP contribution is -2.29. The molecule has 1 atom stereocenters. The minimum atomic E-state index is -0.365. The number of rotatable bonds is 0. The molecule has 1 aliphatic rings. The molecule has 0 radical (unpaired) electrons. The molecule has 60 valence electrons. The highest BCUT2D eigenvalue weighted by Crippen LogP contribution is 2.20. The van der Waals surface area contributed by atoms with Gasteiger partial charge >= 0.3 is 0 Å². The summed E-state index contributed by atoms with van der Waals surface area (Å²) in [5.41, 5.74) is 0. The van der Waals surface area contributed by atoms with Crippen molar-refractivity contribution in [1.82, 2.24) is 0 Å². The van der Waals surface area contributed by atoms with Gasteiger partial charge in [-0.3, -0.25) is 0 Å². The minimum Gasteiger partial charge on any atom is -0.351 e. The van der Waals surface area contributed by atoms with E-state index in [4.69, 9.17) is 9.47 Å². The van der Waals surface area contributed by atoms with E-state index in [-0.39, 0.29) is 5.79 Å². The summed E-state index contributed by atoms with van der Waals surface area (Å²) in [4.78, 5) is 0. The summed E-state index contributed by atoms with van der Waals surface area (Å²) in [6, 6.07) is 0. The number of hydrogen-bond donors (Lipinski definition) is 0. The van der Waals surface area contributed by atoms with Crippen molar-refractivity contribution >= 4 is 0 Å². The molecule has 1 unspecified atom stereocenters. The molecule has 0 bridgehead atoms. The fraction of sp³-hybridized carbons (Fsp3) is 1.00. The van der Waals surface area contributed by atoms with Crippen molar-refractivity contribution in [3.63, 3.8) is 0 Å². The highest BCUT2D eigenvalue weighted by Gasteiger charge is 2.24. The highest BCUT2D eigenvalue weighted by atomic mass is 16.7. The Balaban J connectivity index is 2.46. The van der Waals surface area contributed by atoms with Crippen molar-refractivity contribution < 1.29 is 9.47 Å². The molecule has 0 spiro atoms. The third kappa shape index (κ3) is 2.27. The van der Waals surface area contributed by atoms with Crippen LogP contribution in [0, 0.1) is 0 Å². The van der Waals surface area contributed by atoms with E-state index in [0.717, 1.165) is 19.4 Å². The molecule has 0 aliphatic carbocycles. The van der Waals surface area contributed by atoms with Gasteiger partial charge in [-0.2, -0.15) is 0 Å². The summed E-state index contributed by atoms with van der Waals surface area (Å²) in [6.07, 6.45) is 2.58. The van der Waals surface area contributed by atoms with Gasteiger partial charge in [-0.1, -0.05) is 0 Å². The van der Waals surface area contributed by atoms with Crippen molar-refractivity contribution in [1.29, 1.82) is 0 Å². The first-order valence-electron chi connectivity index (χ1n) is 3.92. The Labute approximate surface area is 62.5 Å². The van der Waals surface area contributed by atoms with Gasteiger partial charge in [0.1, 0.15) is 0 Å². The van der Waals surface area contributed by atoms with Gasteiger partial charge in [0.15, 0.2) is 5.79 Å². The van der Waals surface area contributed by atoms with Gasteiger partial charge < -0.3 is 9.47 Å². The topological polar surface area (TPSA) is 18.5 Å². The Bertz CT molecular complexity index is 110. The zero-order chi connectivity index (χ0) is 7.61. The van der Waals surface area contributed by atoms with Crippen LogP contribution in [0.3, 0.4) is 0 Å². The van der Waals surface area contributed by atoms with Crippen molar-refractivity contribution in [2.75, 3.05) is 6.61 Å². The van der Waals surface area contributed by atoms with Crippen molar-refractivity contribution in [3.05, 3.63) is 0 Å². The maximum Gasteiger partial charge on any atom is 0.163 e. The molecule has 10 heavy (non-hydrogen) atoms. The Morgan fingerprint density at radius 2 is 2.10 bits per heavy atom. The largest absolute Gasteiger partial charge is 0.351 e. The molecule has 1 aliphatic heterocycles. The first kappa shape index (κ1) is 8.02. The van der Waals surface area contributed by atoms with Crippen LogP contribution in [-0.2, 0) is 9.47 Å². The van der Waals surface area contributed by atoms with Crippen molar-refractivity contribution in [3.8, 4) is 0 Å². The zero-order valence-electron chi connectivity index (χ0n) is 7.02. The molecule has 2 nitrogen and oxygen atoms in total. The van der Waals surface area contributed by atoms with Crippen LogP contribution < -0.4 is 0 Å². The SMILES string of the molecule is CC1CCCOC(C)(C)O1. The Kier molecular flexibility index (Phi) is 2.32. The first-order valence-corrected chi connectivity index (χ1v) is 3.92. The molecule has 0 aromatic heterocycles. The van der Waals surface area contributed by atoms with Gasteiger partial charge in [0, 0.05) is 0 Å². The Morgan fingerprint density at radius 3 is 2.80 bits per heavy atom. The van der Waals surface area contributed by atoms with Gasteiger partial charge in [-0.15, -0.1) is 0 Å². The predicted molar refractivity (Wildman–Crippen MR) is 39.8 cm³/mol. The summed E-state index contributed by atoms with van der Waals surface area (Å²) in [6.45, 7) is 6.86. The fourth-order valence-electron chi connectivity index (χ4n) is 1.27. The van der Waals surface area contributed by atoms with Gasteiger partial charge in [0.05, 0.1) is 12.7 Å². The number of ether oxygens (including phenoxy) is 2. The maximum absolute atomic E-state index is 5.58. The Morgan fingerprint density at radius 1 is 1.40 bits per heavy atom. The molecule has 1 fully saturated rings. The maximum atomic E-state index is 5.58. The zero-order valence-corrected chi connectivity index (χ0v) is 7.02. The summed E-state index contributed by atoms with van der Waals surface area (Å²) < 4.78 is 11.0. The molecule has 1 rings (SSSR count). The molecule has 0 aromatic carbocycles. The lowest BCUT2D eigenvalue weighted by atomic mass is 10.2. The van der Waals surface area contributed by atoms with E-state index in [1.165, 1.54) is 0 Å². The third-order valence-corrected chi connectivity index (χ3v) is 1.69. The number of hydrogen-bond acceptors (Lipinski definition) is 2. The van der Waals surface area contributed by atoms with E-state index < -0.39 is 0 Å². The van der Waals surface area contributed by atoms with E-state index in [1.54, 1.807) is 0 Å². The van der Waals surface area contributed by atoms with Crippen LogP contribution in [0.15, 0.2) is 0 Å². The molecule has 2 heteroatoms. The van der Waals surface area contributed by atoms with Gasteiger partial charge in [-0.25, -0.2) is 0 Å². The molecule has 0 N–H and O–H groups in total. The summed E-state index contributed by atoms with van der Waals surface area (Å²) >= 11 is 0. The van der Waals surface area contributed by atoms with Gasteiger partial charge in [-0.05, 0) is 33.6 Å². The van der Waals surface area contributed by atoms with Gasteiger partial charge in [0.25, 0.3) is 0 Å². The first-order chi connectivity index (χ1) is 4.60. The smallest absolute Gasteiger partial charge is 0.163 e. The van der Waals surface area contributed by atoms with E-state index in [1.807, 2.05) is 13.8 Å². The van der Waals surface area contributed by atoms with Crippen molar-refractivity contribution in [2.24, 2.45) is 0 Å². The average molecular weight is 144 g/mol. The Hall–Kier alpha value is -0.0800. The third-order valence-electron chi connectivity index (χ3n) is 1.69. The molecule has 0 amide bonds. The van der Waals surface area contributed by atoms with E-state index >= 15 is 0 Å². The van der Waals surface area contributed by atoms with Crippen LogP contribution in [0.4, 0.5) is 0 Å². The molecule has 0 aromatic rings. The van der Waals surface area contributed by atoms with Crippen LogP contribution in [0.1, 0.15) is 33.6 Å². The quantitative estimate of drug-likeness (QED) is 0.517. The second kappa shape index (κ2) is 2.89. The van der Waals surface area contributed by atoms with Gasteiger partial charge in [0.2, 0.25) is 0 Å². The van der Waals surface area contributed by atoms with Crippen LogP contribution >= 0.6 is 0 Å². The van der Waals surface area contributed by atoms with Crippen LogP contribution in [0.5, 0.6) is 0 Å².